The number of halogens is 1. The van der Waals surface area contributed by atoms with Crippen LogP contribution >= 0.6 is 0 Å². The van der Waals surface area contributed by atoms with Gasteiger partial charge in [0.25, 0.3) is 0 Å². The summed E-state index contributed by atoms with van der Waals surface area (Å²) >= 11 is 0. The Morgan fingerprint density at radius 1 is 1.42 bits per heavy atom. The van der Waals surface area contributed by atoms with Gasteiger partial charge in [-0.05, 0) is 44.4 Å². The van der Waals surface area contributed by atoms with Crippen molar-refractivity contribution in [2.75, 3.05) is 7.11 Å². The minimum absolute atomic E-state index is 0.0493. The zero-order chi connectivity index (χ0) is 14.0. The SMILES string of the molecule is COC(=O)C(C)(C)[C@H]1CC[C@@H](c2cccc(F)c2)N1. The van der Waals surface area contributed by atoms with Crippen LogP contribution < -0.4 is 5.32 Å². The molecule has 1 heterocycles. The van der Waals surface area contributed by atoms with Crippen LogP contribution in [0, 0.1) is 11.2 Å². The Balaban J connectivity index is 2.10. The molecule has 0 aliphatic carbocycles. The highest BCUT2D eigenvalue weighted by Crippen LogP contribution is 2.35. The Morgan fingerprint density at radius 3 is 2.79 bits per heavy atom. The van der Waals surface area contributed by atoms with Gasteiger partial charge < -0.3 is 10.1 Å². The van der Waals surface area contributed by atoms with Crippen molar-refractivity contribution in [3.05, 3.63) is 35.6 Å². The molecule has 0 amide bonds. The first-order chi connectivity index (χ1) is 8.95. The first kappa shape index (κ1) is 14.0. The molecule has 0 unspecified atom stereocenters. The van der Waals surface area contributed by atoms with Crippen molar-refractivity contribution >= 4 is 5.97 Å². The second-order valence-corrected chi connectivity index (χ2v) is 5.62. The highest BCUT2D eigenvalue weighted by Gasteiger charge is 2.42. The van der Waals surface area contributed by atoms with Gasteiger partial charge in [0.2, 0.25) is 0 Å². The molecule has 0 saturated carbocycles. The van der Waals surface area contributed by atoms with Gasteiger partial charge in [-0.15, -0.1) is 0 Å². The molecule has 2 atom stereocenters. The number of hydrogen-bond acceptors (Lipinski definition) is 3. The van der Waals surface area contributed by atoms with Crippen LogP contribution in [-0.2, 0) is 9.53 Å². The van der Waals surface area contributed by atoms with E-state index in [4.69, 9.17) is 4.74 Å². The van der Waals surface area contributed by atoms with Crippen LogP contribution in [0.25, 0.3) is 0 Å². The van der Waals surface area contributed by atoms with Gasteiger partial charge in [0.05, 0.1) is 12.5 Å². The van der Waals surface area contributed by atoms with Gasteiger partial charge in [-0.3, -0.25) is 4.79 Å². The third kappa shape index (κ3) is 2.78. The Hall–Kier alpha value is -1.42. The van der Waals surface area contributed by atoms with Gasteiger partial charge >= 0.3 is 5.97 Å². The van der Waals surface area contributed by atoms with Crippen molar-refractivity contribution in [1.82, 2.24) is 5.32 Å². The molecule has 1 aliphatic rings. The molecule has 1 aliphatic heterocycles. The lowest BCUT2D eigenvalue weighted by Gasteiger charge is -2.29. The van der Waals surface area contributed by atoms with E-state index >= 15 is 0 Å². The quantitative estimate of drug-likeness (QED) is 0.854. The number of hydrogen-bond donors (Lipinski definition) is 1. The van der Waals surface area contributed by atoms with Gasteiger partial charge in [-0.2, -0.15) is 0 Å². The summed E-state index contributed by atoms with van der Waals surface area (Å²) in [7, 11) is 1.41. The average Bonchev–Trinajstić information content (AvgIpc) is 2.88. The number of benzene rings is 1. The number of nitrogens with one attached hydrogen (secondary N) is 1. The summed E-state index contributed by atoms with van der Waals surface area (Å²) in [6.45, 7) is 3.76. The number of rotatable bonds is 3. The summed E-state index contributed by atoms with van der Waals surface area (Å²) in [6.07, 6.45) is 1.78. The Labute approximate surface area is 113 Å². The Morgan fingerprint density at radius 2 is 2.16 bits per heavy atom. The fraction of sp³-hybridized carbons (Fsp3) is 0.533. The van der Waals surface area contributed by atoms with E-state index in [2.05, 4.69) is 5.32 Å². The summed E-state index contributed by atoms with van der Waals surface area (Å²) in [5.41, 5.74) is 0.361. The van der Waals surface area contributed by atoms with Crippen molar-refractivity contribution in [2.24, 2.45) is 5.41 Å². The number of carbonyl (C=O) groups is 1. The summed E-state index contributed by atoms with van der Waals surface area (Å²) in [5.74, 6) is -0.445. The van der Waals surface area contributed by atoms with Gasteiger partial charge in [-0.25, -0.2) is 4.39 Å². The molecule has 2 rings (SSSR count). The molecule has 104 valence electrons. The van der Waals surface area contributed by atoms with E-state index < -0.39 is 5.41 Å². The fourth-order valence-corrected chi connectivity index (χ4v) is 2.70. The number of ether oxygens (including phenoxy) is 1. The molecular formula is C15H20FNO2. The predicted octanol–water partition coefficient (Wildman–Crippen LogP) is 2.82. The minimum Gasteiger partial charge on any atom is -0.469 e. The van der Waals surface area contributed by atoms with E-state index in [1.807, 2.05) is 19.9 Å². The molecule has 0 aromatic heterocycles. The molecule has 1 fully saturated rings. The van der Waals surface area contributed by atoms with Crippen LogP contribution in [0.15, 0.2) is 24.3 Å². The maximum atomic E-state index is 13.2. The molecule has 1 N–H and O–H groups in total. The largest absolute Gasteiger partial charge is 0.469 e. The number of esters is 1. The monoisotopic (exact) mass is 265 g/mol. The molecule has 0 radical (unpaired) electrons. The van der Waals surface area contributed by atoms with Crippen LogP contribution in [0.1, 0.15) is 38.3 Å². The summed E-state index contributed by atoms with van der Waals surface area (Å²) in [4.78, 5) is 11.8. The van der Waals surface area contributed by atoms with Crippen LogP contribution in [0.5, 0.6) is 0 Å². The summed E-state index contributed by atoms with van der Waals surface area (Å²) < 4.78 is 18.1. The molecule has 0 bridgehead atoms. The van der Waals surface area contributed by atoms with Crippen molar-refractivity contribution in [2.45, 2.75) is 38.8 Å². The van der Waals surface area contributed by atoms with Crippen LogP contribution in [0.3, 0.4) is 0 Å². The van der Waals surface area contributed by atoms with Gasteiger partial charge in [-0.1, -0.05) is 12.1 Å². The molecule has 3 nitrogen and oxygen atoms in total. The predicted molar refractivity (Wildman–Crippen MR) is 71.1 cm³/mol. The molecule has 0 spiro atoms. The highest BCUT2D eigenvalue weighted by molar-refractivity contribution is 5.76. The summed E-state index contributed by atoms with van der Waals surface area (Å²) in [6, 6.07) is 6.76. The maximum absolute atomic E-state index is 13.2. The van der Waals surface area contributed by atoms with Gasteiger partial charge in [0.15, 0.2) is 0 Å². The van der Waals surface area contributed by atoms with Crippen molar-refractivity contribution < 1.29 is 13.9 Å². The second kappa shape index (κ2) is 5.29. The number of methoxy groups -OCH3 is 1. The average molecular weight is 265 g/mol. The first-order valence-corrected chi connectivity index (χ1v) is 6.55. The summed E-state index contributed by atoms with van der Waals surface area (Å²) in [5, 5.41) is 3.42. The molecular weight excluding hydrogens is 245 g/mol. The zero-order valence-electron chi connectivity index (χ0n) is 11.6. The normalized spacial score (nSPS) is 23.4. The first-order valence-electron chi connectivity index (χ1n) is 6.55. The van der Waals surface area contributed by atoms with Crippen molar-refractivity contribution in [3.8, 4) is 0 Å². The second-order valence-electron chi connectivity index (χ2n) is 5.62. The third-order valence-corrected chi connectivity index (χ3v) is 3.98. The standard InChI is InChI=1S/C15H20FNO2/c1-15(2,14(18)19-3)13-8-7-12(17-13)10-5-4-6-11(16)9-10/h4-6,9,12-13,17H,7-8H2,1-3H3/t12-,13+/m0/s1. The minimum atomic E-state index is -0.573. The molecule has 1 saturated heterocycles. The lowest BCUT2D eigenvalue weighted by Crippen LogP contribution is -2.44. The fourth-order valence-electron chi connectivity index (χ4n) is 2.70. The van der Waals surface area contributed by atoms with E-state index in [1.54, 1.807) is 12.1 Å². The lowest BCUT2D eigenvalue weighted by atomic mass is 9.84. The van der Waals surface area contributed by atoms with E-state index in [1.165, 1.54) is 13.2 Å². The van der Waals surface area contributed by atoms with Crippen LogP contribution in [0.4, 0.5) is 4.39 Å². The molecule has 1 aromatic carbocycles. The van der Waals surface area contributed by atoms with E-state index in [0.29, 0.717) is 0 Å². The van der Waals surface area contributed by atoms with Crippen molar-refractivity contribution in [3.63, 3.8) is 0 Å². The van der Waals surface area contributed by atoms with Gasteiger partial charge in [0.1, 0.15) is 5.82 Å². The lowest BCUT2D eigenvalue weighted by molar-refractivity contribution is -0.152. The molecule has 4 heteroatoms. The molecule has 1 aromatic rings. The van der Waals surface area contributed by atoms with E-state index in [9.17, 15) is 9.18 Å². The van der Waals surface area contributed by atoms with Crippen LogP contribution in [0.2, 0.25) is 0 Å². The Bertz CT molecular complexity index is 473. The maximum Gasteiger partial charge on any atom is 0.312 e. The van der Waals surface area contributed by atoms with E-state index in [0.717, 1.165) is 18.4 Å². The van der Waals surface area contributed by atoms with E-state index in [-0.39, 0.29) is 23.9 Å². The molecule has 19 heavy (non-hydrogen) atoms. The van der Waals surface area contributed by atoms with Crippen LogP contribution in [-0.4, -0.2) is 19.1 Å². The number of carbonyl (C=O) groups excluding carboxylic acids is 1. The Kier molecular flexibility index (Phi) is 3.90. The van der Waals surface area contributed by atoms with Gasteiger partial charge in [0, 0.05) is 12.1 Å². The smallest absolute Gasteiger partial charge is 0.312 e. The van der Waals surface area contributed by atoms with Crippen molar-refractivity contribution in [1.29, 1.82) is 0 Å². The zero-order valence-corrected chi connectivity index (χ0v) is 11.6. The third-order valence-electron chi connectivity index (χ3n) is 3.98. The highest BCUT2D eigenvalue weighted by atomic mass is 19.1. The topological polar surface area (TPSA) is 38.3 Å².